The van der Waals surface area contributed by atoms with Gasteiger partial charge in [0.15, 0.2) is 16.8 Å². The van der Waals surface area contributed by atoms with Gasteiger partial charge in [-0.15, -0.1) is 0 Å². The van der Waals surface area contributed by atoms with Crippen molar-refractivity contribution in [2.75, 3.05) is 14.2 Å². The summed E-state index contributed by atoms with van der Waals surface area (Å²) in [5.41, 5.74) is -0.0755. The van der Waals surface area contributed by atoms with Crippen LogP contribution in [0, 0.1) is 0 Å². The lowest BCUT2D eigenvalue weighted by Gasteiger charge is -2.05. The number of esters is 1. The van der Waals surface area contributed by atoms with Crippen LogP contribution in [-0.2, 0) is 4.74 Å². The zero-order chi connectivity index (χ0) is 12.4. The normalized spacial score (nSPS) is 10.2. The van der Waals surface area contributed by atoms with Crippen LogP contribution < -0.4 is 10.2 Å². The smallest absolute Gasteiger partial charge is 0.374 e. The first-order chi connectivity index (χ1) is 8.17. The fourth-order valence-electron chi connectivity index (χ4n) is 1.51. The summed E-state index contributed by atoms with van der Waals surface area (Å²) in [7, 11) is 2.67. The standard InChI is InChI=1S/C12H10O5/c1-15-9-5-3-4-7-8(13)6-10(12(14)16-2)17-11(7)9/h3-6H,1-2H3. The van der Waals surface area contributed by atoms with Gasteiger partial charge in [-0.2, -0.15) is 0 Å². The number of rotatable bonds is 2. The van der Waals surface area contributed by atoms with Crippen molar-refractivity contribution >= 4 is 16.9 Å². The van der Waals surface area contributed by atoms with E-state index in [0.29, 0.717) is 11.1 Å². The molecule has 0 N–H and O–H groups in total. The molecular weight excluding hydrogens is 224 g/mol. The second-order valence-corrected chi connectivity index (χ2v) is 3.30. The average Bonchev–Trinajstić information content (AvgIpc) is 2.37. The predicted molar refractivity (Wildman–Crippen MR) is 60.4 cm³/mol. The molecule has 0 aliphatic rings. The maximum absolute atomic E-state index is 11.8. The molecule has 0 saturated heterocycles. The van der Waals surface area contributed by atoms with Crippen LogP contribution in [0.15, 0.2) is 33.5 Å². The summed E-state index contributed by atoms with van der Waals surface area (Å²) in [5.74, 6) is -0.449. The van der Waals surface area contributed by atoms with Gasteiger partial charge in [0, 0.05) is 6.07 Å². The molecule has 0 saturated carbocycles. The van der Waals surface area contributed by atoms with E-state index >= 15 is 0 Å². The third kappa shape index (κ3) is 1.87. The van der Waals surface area contributed by atoms with Crippen LogP contribution in [0.4, 0.5) is 0 Å². The van der Waals surface area contributed by atoms with Crippen molar-refractivity contribution in [2.45, 2.75) is 0 Å². The molecule has 1 aromatic carbocycles. The van der Waals surface area contributed by atoms with Gasteiger partial charge in [-0.25, -0.2) is 4.79 Å². The Bertz CT molecular complexity index is 626. The van der Waals surface area contributed by atoms with Gasteiger partial charge in [-0.3, -0.25) is 4.79 Å². The second kappa shape index (κ2) is 4.29. The van der Waals surface area contributed by atoms with Crippen molar-refractivity contribution in [1.82, 2.24) is 0 Å². The number of para-hydroxylation sites is 1. The molecule has 0 unspecified atom stereocenters. The molecule has 0 spiro atoms. The van der Waals surface area contributed by atoms with Gasteiger partial charge in [0.2, 0.25) is 5.76 Å². The molecule has 0 atom stereocenters. The first-order valence-electron chi connectivity index (χ1n) is 4.86. The first kappa shape index (κ1) is 11.2. The summed E-state index contributed by atoms with van der Waals surface area (Å²) in [4.78, 5) is 23.1. The highest BCUT2D eigenvalue weighted by Crippen LogP contribution is 2.24. The molecule has 17 heavy (non-hydrogen) atoms. The summed E-state index contributed by atoms with van der Waals surface area (Å²) in [6, 6.07) is 6.03. The van der Waals surface area contributed by atoms with Crippen molar-refractivity contribution in [3.63, 3.8) is 0 Å². The molecule has 1 aromatic heterocycles. The van der Waals surface area contributed by atoms with Gasteiger partial charge >= 0.3 is 5.97 Å². The van der Waals surface area contributed by atoms with Crippen molar-refractivity contribution in [2.24, 2.45) is 0 Å². The van der Waals surface area contributed by atoms with Crippen LogP contribution in [0.1, 0.15) is 10.6 Å². The number of hydrogen-bond acceptors (Lipinski definition) is 5. The largest absolute Gasteiger partial charge is 0.493 e. The third-order valence-corrected chi connectivity index (χ3v) is 2.33. The van der Waals surface area contributed by atoms with Gasteiger partial charge in [0.05, 0.1) is 19.6 Å². The Morgan fingerprint density at radius 1 is 1.29 bits per heavy atom. The van der Waals surface area contributed by atoms with Crippen LogP contribution >= 0.6 is 0 Å². The molecule has 5 heteroatoms. The molecular formula is C12H10O5. The Balaban J connectivity index is 2.79. The highest BCUT2D eigenvalue weighted by atomic mass is 16.5. The SMILES string of the molecule is COC(=O)c1cc(=O)c2cccc(OC)c2o1. The van der Waals surface area contributed by atoms with E-state index in [2.05, 4.69) is 4.74 Å². The minimum Gasteiger partial charge on any atom is -0.493 e. The number of carbonyl (C=O) groups is 1. The Morgan fingerprint density at radius 3 is 2.71 bits per heavy atom. The zero-order valence-corrected chi connectivity index (χ0v) is 9.35. The van der Waals surface area contributed by atoms with Gasteiger partial charge in [0.25, 0.3) is 0 Å². The van der Waals surface area contributed by atoms with Gasteiger partial charge < -0.3 is 13.9 Å². The number of methoxy groups -OCH3 is 2. The molecule has 5 nitrogen and oxygen atoms in total. The minimum atomic E-state index is -0.699. The maximum Gasteiger partial charge on any atom is 0.374 e. The average molecular weight is 234 g/mol. The van der Waals surface area contributed by atoms with E-state index < -0.39 is 5.97 Å². The summed E-state index contributed by atoms with van der Waals surface area (Å²) < 4.78 is 14.9. The van der Waals surface area contributed by atoms with E-state index in [1.165, 1.54) is 14.2 Å². The molecule has 0 fully saturated rings. The Morgan fingerprint density at radius 2 is 2.06 bits per heavy atom. The van der Waals surface area contributed by atoms with Crippen molar-refractivity contribution < 1.29 is 18.7 Å². The molecule has 0 aliphatic heterocycles. The fraction of sp³-hybridized carbons (Fsp3) is 0.167. The minimum absolute atomic E-state index is 0.144. The lowest BCUT2D eigenvalue weighted by molar-refractivity contribution is 0.0565. The van der Waals surface area contributed by atoms with E-state index in [4.69, 9.17) is 9.15 Å². The molecule has 2 aromatic rings. The zero-order valence-electron chi connectivity index (χ0n) is 9.35. The monoisotopic (exact) mass is 234 g/mol. The highest BCUT2D eigenvalue weighted by molar-refractivity contribution is 5.90. The van der Waals surface area contributed by atoms with Crippen LogP contribution in [0.2, 0.25) is 0 Å². The predicted octanol–water partition coefficient (Wildman–Crippen LogP) is 1.59. The van der Waals surface area contributed by atoms with Crippen LogP contribution in [-0.4, -0.2) is 20.2 Å². The molecule has 88 valence electrons. The summed E-state index contributed by atoms with van der Waals surface area (Å²) in [6.07, 6.45) is 0. The quantitative estimate of drug-likeness (QED) is 0.738. The lowest BCUT2D eigenvalue weighted by atomic mass is 10.2. The lowest BCUT2D eigenvalue weighted by Crippen LogP contribution is -2.08. The Kier molecular flexibility index (Phi) is 2.82. The molecule has 0 aliphatic carbocycles. The maximum atomic E-state index is 11.8. The number of hydrogen-bond donors (Lipinski definition) is 0. The molecule has 0 amide bonds. The van der Waals surface area contributed by atoms with E-state index in [1.54, 1.807) is 18.2 Å². The van der Waals surface area contributed by atoms with Crippen LogP contribution in [0.25, 0.3) is 11.0 Å². The van der Waals surface area contributed by atoms with E-state index in [1.807, 2.05) is 0 Å². The van der Waals surface area contributed by atoms with Gasteiger partial charge in [0.1, 0.15) is 0 Å². The third-order valence-electron chi connectivity index (χ3n) is 2.33. The first-order valence-corrected chi connectivity index (χ1v) is 4.86. The molecule has 0 radical (unpaired) electrons. The highest BCUT2D eigenvalue weighted by Gasteiger charge is 2.14. The van der Waals surface area contributed by atoms with E-state index in [0.717, 1.165) is 6.07 Å². The van der Waals surface area contributed by atoms with Crippen LogP contribution in [0.5, 0.6) is 5.75 Å². The van der Waals surface area contributed by atoms with Gasteiger partial charge in [-0.05, 0) is 12.1 Å². The van der Waals surface area contributed by atoms with Crippen LogP contribution in [0.3, 0.4) is 0 Å². The Hall–Kier alpha value is -2.30. The van der Waals surface area contributed by atoms with E-state index in [-0.39, 0.29) is 16.8 Å². The van der Waals surface area contributed by atoms with E-state index in [9.17, 15) is 9.59 Å². The number of ether oxygens (including phenoxy) is 2. The van der Waals surface area contributed by atoms with Crippen molar-refractivity contribution in [3.8, 4) is 5.75 Å². The molecule has 1 heterocycles. The number of fused-ring (bicyclic) bond motifs is 1. The summed E-state index contributed by atoms with van der Waals surface area (Å²) >= 11 is 0. The number of benzene rings is 1. The molecule has 0 bridgehead atoms. The van der Waals surface area contributed by atoms with Crippen molar-refractivity contribution in [1.29, 1.82) is 0 Å². The summed E-state index contributed by atoms with van der Waals surface area (Å²) in [6.45, 7) is 0. The fourth-order valence-corrected chi connectivity index (χ4v) is 1.51. The Labute approximate surface area is 96.6 Å². The van der Waals surface area contributed by atoms with Crippen molar-refractivity contribution in [3.05, 3.63) is 40.2 Å². The topological polar surface area (TPSA) is 65.7 Å². The second-order valence-electron chi connectivity index (χ2n) is 3.30. The number of carbonyl (C=O) groups excluding carboxylic acids is 1. The summed E-state index contributed by atoms with van der Waals surface area (Å²) in [5, 5.41) is 0.358. The molecule has 2 rings (SSSR count). The van der Waals surface area contributed by atoms with Gasteiger partial charge in [-0.1, -0.05) is 6.07 Å².